The Bertz CT molecular complexity index is 287. The number of hydrogen-bond donors (Lipinski definition) is 2. The molecule has 0 atom stereocenters. The van der Waals surface area contributed by atoms with Gasteiger partial charge < -0.3 is 10.7 Å². The van der Waals surface area contributed by atoms with Crippen LogP contribution < -0.4 is 5.32 Å². The molecule has 64 valence electrons. The number of anilines is 1. The fraction of sp³-hybridized carbons (Fsp3) is 0.286. The summed E-state index contributed by atoms with van der Waals surface area (Å²) in [6.07, 6.45) is 2.51. The van der Waals surface area contributed by atoms with E-state index in [4.69, 9.17) is 17.0 Å². The molecule has 0 aromatic carbocycles. The Labute approximate surface area is 75.5 Å². The second kappa shape index (κ2) is 4.01. The fourth-order valence-electron chi connectivity index (χ4n) is 0.810. The van der Waals surface area contributed by atoms with Gasteiger partial charge in [-0.2, -0.15) is 0 Å². The van der Waals surface area contributed by atoms with Gasteiger partial charge in [0.2, 0.25) is 0 Å². The van der Waals surface area contributed by atoms with E-state index in [2.05, 4.69) is 15.3 Å². The second-order valence-corrected chi connectivity index (χ2v) is 2.46. The molecule has 0 aliphatic rings. The van der Waals surface area contributed by atoms with Crippen molar-refractivity contribution < 1.29 is 0 Å². The molecule has 0 saturated heterocycles. The van der Waals surface area contributed by atoms with Crippen molar-refractivity contribution in [3.8, 4) is 0 Å². The normalized spacial score (nSPS) is 9.50. The average molecular weight is 185 g/mol. The van der Waals surface area contributed by atoms with Crippen LogP contribution in [0.15, 0.2) is 6.33 Å². The van der Waals surface area contributed by atoms with E-state index < -0.39 is 0 Å². The van der Waals surface area contributed by atoms with Gasteiger partial charge in [0.15, 0.2) is 0 Å². The van der Waals surface area contributed by atoms with Gasteiger partial charge in [-0.3, -0.25) is 0 Å². The van der Waals surface area contributed by atoms with Crippen LogP contribution in [-0.4, -0.2) is 22.7 Å². The summed E-state index contributed by atoms with van der Waals surface area (Å²) in [5, 5.41) is 10.4. The molecule has 1 aromatic heterocycles. The predicted molar refractivity (Wildman–Crippen MR) is 49.1 cm³/mol. The lowest BCUT2D eigenvalue weighted by Gasteiger charge is -2.05. The Morgan fingerprint density at radius 3 is 3.00 bits per heavy atom. The number of halogens is 1. The topological polar surface area (TPSA) is 61.7 Å². The van der Waals surface area contributed by atoms with Crippen molar-refractivity contribution >= 4 is 23.6 Å². The third-order valence-corrected chi connectivity index (χ3v) is 1.63. The van der Waals surface area contributed by atoms with E-state index in [1.165, 1.54) is 6.33 Å². The van der Waals surface area contributed by atoms with Crippen LogP contribution in [-0.2, 0) is 0 Å². The van der Waals surface area contributed by atoms with Crippen molar-refractivity contribution in [3.05, 3.63) is 17.0 Å². The molecule has 1 rings (SSSR count). The molecular formula is C7H9ClN4. The summed E-state index contributed by atoms with van der Waals surface area (Å²) in [6.45, 7) is 2.69. The summed E-state index contributed by atoms with van der Waals surface area (Å²) in [6, 6.07) is 0. The van der Waals surface area contributed by atoms with Gasteiger partial charge in [0.1, 0.15) is 17.3 Å². The van der Waals surface area contributed by atoms with Crippen LogP contribution in [0.2, 0.25) is 5.15 Å². The number of aromatic nitrogens is 2. The molecule has 4 nitrogen and oxygen atoms in total. The van der Waals surface area contributed by atoms with Crippen LogP contribution in [0.4, 0.5) is 5.82 Å². The van der Waals surface area contributed by atoms with Crippen molar-refractivity contribution in [1.82, 2.24) is 9.97 Å². The van der Waals surface area contributed by atoms with Crippen molar-refractivity contribution in [2.24, 2.45) is 0 Å². The first kappa shape index (κ1) is 8.93. The summed E-state index contributed by atoms with van der Waals surface area (Å²) >= 11 is 5.72. The van der Waals surface area contributed by atoms with Gasteiger partial charge in [-0.05, 0) is 6.92 Å². The molecule has 2 N–H and O–H groups in total. The molecule has 0 saturated carbocycles. The lowest BCUT2D eigenvalue weighted by atomic mass is 10.3. The third-order valence-electron chi connectivity index (χ3n) is 1.32. The van der Waals surface area contributed by atoms with Crippen LogP contribution in [0, 0.1) is 5.41 Å². The molecule has 0 spiro atoms. The summed E-state index contributed by atoms with van der Waals surface area (Å²) < 4.78 is 0. The summed E-state index contributed by atoms with van der Waals surface area (Å²) in [7, 11) is 0. The zero-order chi connectivity index (χ0) is 8.97. The average Bonchev–Trinajstić information content (AvgIpc) is 2.05. The third kappa shape index (κ3) is 1.71. The Morgan fingerprint density at radius 2 is 2.42 bits per heavy atom. The molecule has 0 aliphatic heterocycles. The zero-order valence-corrected chi connectivity index (χ0v) is 7.39. The molecule has 0 aliphatic carbocycles. The van der Waals surface area contributed by atoms with Crippen LogP contribution in [0.25, 0.3) is 0 Å². The largest absolute Gasteiger partial charge is 0.370 e. The van der Waals surface area contributed by atoms with Gasteiger partial charge >= 0.3 is 0 Å². The van der Waals surface area contributed by atoms with Gasteiger partial charge in [-0.15, -0.1) is 0 Å². The molecule has 0 unspecified atom stereocenters. The summed E-state index contributed by atoms with van der Waals surface area (Å²) in [4.78, 5) is 7.70. The minimum absolute atomic E-state index is 0.302. The molecule has 0 amide bonds. The van der Waals surface area contributed by atoms with Crippen molar-refractivity contribution in [2.75, 3.05) is 11.9 Å². The molecule has 12 heavy (non-hydrogen) atoms. The first-order chi connectivity index (χ1) is 5.79. The molecule has 0 bridgehead atoms. The van der Waals surface area contributed by atoms with Crippen molar-refractivity contribution in [3.63, 3.8) is 0 Å². The number of nitrogens with zero attached hydrogens (tertiary/aromatic N) is 2. The fourth-order valence-corrected chi connectivity index (χ4v) is 0.998. The first-order valence-electron chi connectivity index (χ1n) is 3.54. The van der Waals surface area contributed by atoms with E-state index in [0.29, 0.717) is 16.5 Å². The highest BCUT2D eigenvalue weighted by Gasteiger charge is 2.04. The van der Waals surface area contributed by atoms with Crippen LogP contribution in [0.5, 0.6) is 0 Å². The Balaban J connectivity index is 3.09. The highest BCUT2D eigenvalue weighted by Crippen LogP contribution is 2.16. The molecule has 0 fully saturated rings. The maximum atomic E-state index is 7.07. The highest BCUT2D eigenvalue weighted by atomic mass is 35.5. The highest BCUT2D eigenvalue weighted by molar-refractivity contribution is 6.32. The van der Waals surface area contributed by atoms with E-state index in [0.717, 1.165) is 12.8 Å². The van der Waals surface area contributed by atoms with Crippen LogP contribution in [0.1, 0.15) is 12.5 Å². The number of rotatable bonds is 3. The van der Waals surface area contributed by atoms with Crippen LogP contribution >= 0.6 is 11.6 Å². The monoisotopic (exact) mass is 184 g/mol. The Morgan fingerprint density at radius 1 is 1.67 bits per heavy atom. The lowest BCUT2D eigenvalue weighted by Crippen LogP contribution is -2.04. The standard InChI is InChI=1S/C7H9ClN4/c1-2-10-7-5(3-9)6(8)11-4-12-7/h3-4,9H,2H2,1H3,(H,10,11,12). The zero-order valence-electron chi connectivity index (χ0n) is 6.63. The first-order valence-corrected chi connectivity index (χ1v) is 3.92. The van der Waals surface area contributed by atoms with Gasteiger partial charge in [0.05, 0.1) is 5.56 Å². The SMILES string of the molecule is CCNc1ncnc(Cl)c1C=N. The minimum atomic E-state index is 0.302. The van der Waals surface area contributed by atoms with Gasteiger partial charge in [-0.25, -0.2) is 9.97 Å². The van der Waals surface area contributed by atoms with E-state index in [9.17, 15) is 0 Å². The van der Waals surface area contributed by atoms with Gasteiger partial charge in [0, 0.05) is 12.8 Å². The Kier molecular flexibility index (Phi) is 2.99. The van der Waals surface area contributed by atoms with Gasteiger partial charge in [0.25, 0.3) is 0 Å². The summed E-state index contributed by atoms with van der Waals surface area (Å²) in [5.41, 5.74) is 0.529. The van der Waals surface area contributed by atoms with E-state index in [1.807, 2.05) is 6.92 Å². The molecule has 1 aromatic rings. The number of hydrogen-bond acceptors (Lipinski definition) is 4. The van der Waals surface area contributed by atoms with Gasteiger partial charge in [-0.1, -0.05) is 11.6 Å². The molecular weight excluding hydrogens is 176 g/mol. The Hall–Kier alpha value is -1.16. The quantitative estimate of drug-likeness (QED) is 0.554. The van der Waals surface area contributed by atoms with Crippen molar-refractivity contribution in [2.45, 2.75) is 6.92 Å². The van der Waals surface area contributed by atoms with Crippen molar-refractivity contribution in [1.29, 1.82) is 5.41 Å². The summed E-state index contributed by atoms with van der Waals surface area (Å²) in [5.74, 6) is 0.604. The van der Waals surface area contributed by atoms with E-state index >= 15 is 0 Å². The maximum absolute atomic E-state index is 7.07. The van der Waals surface area contributed by atoms with E-state index in [-0.39, 0.29) is 0 Å². The lowest BCUT2D eigenvalue weighted by molar-refractivity contribution is 1.10. The molecule has 0 radical (unpaired) electrons. The minimum Gasteiger partial charge on any atom is -0.370 e. The van der Waals surface area contributed by atoms with Crippen LogP contribution in [0.3, 0.4) is 0 Å². The molecule has 1 heterocycles. The predicted octanol–water partition coefficient (Wildman–Crippen LogP) is 1.56. The second-order valence-electron chi connectivity index (χ2n) is 2.10. The smallest absolute Gasteiger partial charge is 0.143 e. The molecule has 5 heteroatoms. The maximum Gasteiger partial charge on any atom is 0.143 e. The number of nitrogens with one attached hydrogen (secondary N) is 2. The van der Waals surface area contributed by atoms with E-state index in [1.54, 1.807) is 0 Å².